The average Bonchev–Trinajstić information content (AvgIpc) is 2.64. The highest BCUT2D eigenvalue weighted by atomic mass is 32.2. The van der Waals surface area contributed by atoms with Crippen molar-refractivity contribution in [1.29, 1.82) is 0 Å². The third kappa shape index (κ3) is 4.07. The highest BCUT2D eigenvalue weighted by Crippen LogP contribution is 2.29. The van der Waals surface area contributed by atoms with Crippen molar-refractivity contribution in [2.75, 3.05) is 12.3 Å². The fourth-order valence-corrected chi connectivity index (χ4v) is 2.81. The Balaban J connectivity index is 2.32. The zero-order valence-electron chi connectivity index (χ0n) is 10.9. The van der Waals surface area contributed by atoms with Gasteiger partial charge in [0, 0.05) is 27.8 Å². The predicted octanol–water partition coefficient (Wildman–Crippen LogP) is 0.955. The van der Waals surface area contributed by atoms with E-state index in [4.69, 9.17) is 0 Å². The lowest BCUT2D eigenvalue weighted by molar-refractivity contribution is -0.138. The lowest BCUT2D eigenvalue weighted by Gasteiger charge is -2.22. The highest BCUT2D eigenvalue weighted by molar-refractivity contribution is 7.86. The molecule has 17 heavy (non-hydrogen) atoms. The van der Waals surface area contributed by atoms with Gasteiger partial charge < -0.3 is 10.4 Å². The Morgan fingerprint density at radius 3 is 2.35 bits per heavy atom. The molecule has 1 aliphatic carbocycles. The van der Waals surface area contributed by atoms with Crippen LogP contribution in [0.3, 0.4) is 0 Å². The minimum atomic E-state index is -1.18. The molecule has 100 valence electrons. The lowest BCUT2D eigenvalue weighted by atomic mass is 10.0. The van der Waals surface area contributed by atoms with Crippen LogP contribution in [0.2, 0.25) is 0 Å². The fraction of sp³-hybridized carbons (Fsp3) is 0.917. The standard InChI is InChI=1S/C12H23NO3S/c1-11(2,3)17(16)9-8-13-10(14)12(15)6-4-5-7-12/h15H,4-9H2,1-3H3,(H,13,14). The van der Waals surface area contributed by atoms with Crippen molar-refractivity contribution in [3.63, 3.8) is 0 Å². The maximum Gasteiger partial charge on any atom is 0.251 e. The molecule has 0 saturated heterocycles. The van der Waals surface area contributed by atoms with Gasteiger partial charge in [-0.25, -0.2) is 0 Å². The summed E-state index contributed by atoms with van der Waals surface area (Å²) in [4.78, 5) is 11.7. The van der Waals surface area contributed by atoms with E-state index in [0.29, 0.717) is 25.1 Å². The van der Waals surface area contributed by atoms with Crippen LogP contribution in [0.4, 0.5) is 0 Å². The van der Waals surface area contributed by atoms with E-state index in [1.165, 1.54) is 0 Å². The Kier molecular flexibility index (Phi) is 4.72. The fourth-order valence-electron chi connectivity index (χ4n) is 1.91. The van der Waals surface area contributed by atoms with Crippen molar-refractivity contribution in [3.05, 3.63) is 0 Å². The maximum atomic E-state index is 11.7. The quantitative estimate of drug-likeness (QED) is 0.792. The first-order valence-electron chi connectivity index (χ1n) is 6.15. The van der Waals surface area contributed by atoms with Crippen molar-refractivity contribution >= 4 is 16.7 Å². The molecule has 0 aliphatic heterocycles. The number of hydrogen-bond acceptors (Lipinski definition) is 3. The second-order valence-corrected chi connectivity index (χ2v) is 7.98. The van der Waals surface area contributed by atoms with Gasteiger partial charge in [-0.2, -0.15) is 0 Å². The summed E-state index contributed by atoms with van der Waals surface area (Å²) >= 11 is 0. The molecule has 0 heterocycles. The first-order valence-corrected chi connectivity index (χ1v) is 7.47. The summed E-state index contributed by atoms with van der Waals surface area (Å²) in [5.41, 5.74) is -1.18. The summed E-state index contributed by atoms with van der Waals surface area (Å²) in [6.07, 6.45) is 2.89. The van der Waals surface area contributed by atoms with Crippen LogP contribution in [-0.2, 0) is 15.6 Å². The van der Waals surface area contributed by atoms with Crippen molar-refractivity contribution in [2.24, 2.45) is 0 Å². The van der Waals surface area contributed by atoms with Gasteiger partial charge in [-0.05, 0) is 46.5 Å². The van der Waals surface area contributed by atoms with E-state index in [0.717, 1.165) is 12.8 Å². The average molecular weight is 261 g/mol. The van der Waals surface area contributed by atoms with E-state index in [1.54, 1.807) is 0 Å². The van der Waals surface area contributed by atoms with Gasteiger partial charge >= 0.3 is 0 Å². The third-order valence-electron chi connectivity index (χ3n) is 3.11. The Labute approximate surface area is 106 Å². The summed E-state index contributed by atoms with van der Waals surface area (Å²) in [7, 11) is -0.965. The molecule has 5 heteroatoms. The van der Waals surface area contributed by atoms with Crippen LogP contribution in [0.5, 0.6) is 0 Å². The maximum absolute atomic E-state index is 11.7. The van der Waals surface area contributed by atoms with Crippen molar-refractivity contribution in [1.82, 2.24) is 5.32 Å². The largest absolute Gasteiger partial charge is 0.380 e. The van der Waals surface area contributed by atoms with Crippen LogP contribution in [0.25, 0.3) is 0 Å². The number of rotatable bonds is 4. The Morgan fingerprint density at radius 2 is 1.88 bits per heavy atom. The molecule has 1 saturated carbocycles. The van der Waals surface area contributed by atoms with Crippen LogP contribution < -0.4 is 5.32 Å². The summed E-state index contributed by atoms with van der Waals surface area (Å²) in [6.45, 7) is 6.10. The third-order valence-corrected chi connectivity index (χ3v) is 5.05. The molecule has 4 nitrogen and oxygen atoms in total. The number of carbonyl (C=O) groups is 1. The molecule has 1 aliphatic rings. The molecule has 0 bridgehead atoms. The summed E-state index contributed by atoms with van der Waals surface area (Å²) in [5.74, 6) is 0.131. The minimum absolute atomic E-state index is 0.255. The van der Waals surface area contributed by atoms with Crippen molar-refractivity contribution in [3.8, 4) is 0 Å². The van der Waals surface area contributed by atoms with Crippen LogP contribution in [0.15, 0.2) is 0 Å². The van der Waals surface area contributed by atoms with Gasteiger partial charge in [0.2, 0.25) is 0 Å². The molecule has 1 unspecified atom stereocenters. The molecule has 0 aromatic heterocycles. The molecule has 0 aromatic carbocycles. The molecule has 1 atom stereocenters. The van der Waals surface area contributed by atoms with Crippen LogP contribution in [0, 0.1) is 0 Å². The second kappa shape index (κ2) is 5.48. The zero-order chi connectivity index (χ0) is 13.1. The van der Waals surface area contributed by atoms with Gasteiger partial charge in [-0.15, -0.1) is 0 Å². The monoisotopic (exact) mass is 261 g/mol. The van der Waals surface area contributed by atoms with Crippen LogP contribution in [-0.4, -0.2) is 37.9 Å². The van der Waals surface area contributed by atoms with E-state index < -0.39 is 16.4 Å². The lowest BCUT2D eigenvalue weighted by Crippen LogP contribution is -2.46. The van der Waals surface area contributed by atoms with Crippen molar-refractivity contribution < 1.29 is 14.1 Å². The van der Waals surface area contributed by atoms with E-state index in [1.807, 2.05) is 20.8 Å². The van der Waals surface area contributed by atoms with Crippen molar-refractivity contribution in [2.45, 2.75) is 56.8 Å². The van der Waals surface area contributed by atoms with Gasteiger partial charge in [0.25, 0.3) is 5.91 Å². The van der Waals surface area contributed by atoms with E-state index in [2.05, 4.69) is 5.32 Å². The Bertz CT molecular complexity index is 303. The molecule has 0 spiro atoms. The number of carbonyl (C=O) groups excluding carboxylic acids is 1. The first kappa shape index (κ1) is 14.6. The molecule has 1 rings (SSSR count). The van der Waals surface area contributed by atoms with Gasteiger partial charge in [0.15, 0.2) is 0 Å². The zero-order valence-corrected chi connectivity index (χ0v) is 11.7. The topological polar surface area (TPSA) is 66.4 Å². The van der Waals surface area contributed by atoms with E-state index in [9.17, 15) is 14.1 Å². The molecular weight excluding hydrogens is 238 g/mol. The SMILES string of the molecule is CC(C)(C)S(=O)CCNC(=O)C1(O)CCCC1. The van der Waals surface area contributed by atoms with Crippen LogP contribution >= 0.6 is 0 Å². The van der Waals surface area contributed by atoms with Gasteiger partial charge in [0.05, 0.1) is 0 Å². The van der Waals surface area contributed by atoms with E-state index >= 15 is 0 Å². The summed E-state index contributed by atoms with van der Waals surface area (Å²) < 4.78 is 11.5. The predicted molar refractivity (Wildman–Crippen MR) is 69.2 cm³/mol. The highest BCUT2D eigenvalue weighted by Gasteiger charge is 2.38. The molecule has 0 radical (unpaired) electrons. The Hall–Kier alpha value is -0.420. The molecule has 1 fully saturated rings. The van der Waals surface area contributed by atoms with Gasteiger partial charge in [-0.1, -0.05) is 0 Å². The second-order valence-electron chi connectivity index (χ2n) is 5.66. The smallest absolute Gasteiger partial charge is 0.251 e. The molecule has 1 amide bonds. The first-order chi connectivity index (χ1) is 7.76. The summed E-state index contributed by atoms with van der Waals surface area (Å²) in [6, 6.07) is 0. The number of hydrogen-bond donors (Lipinski definition) is 2. The van der Waals surface area contributed by atoms with Gasteiger partial charge in [0.1, 0.15) is 5.60 Å². The number of aliphatic hydroxyl groups is 1. The van der Waals surface area contributed by atoms with Crippen LogP contribution in [0.1, 0.15) is 46.5 Å². The Morgan fingerprint density at radius 1 is 1.35 bits per heavy atom. The molecular formula is C12H23NO3S. The number of nitrogens with one attached hydrogen (secondary N) is 1. The number of amides is 1. The normalized spacial score (nSPS) is 21.2. The summed E-state index contributed by atoms with van der Waals surface area (Å²) in [5, 5.41) is 12.7. The van der Waals surface area contributed by atoms with E-state index in [-0.39, 0.29) is 10.7 Å². The molecule has 0 aromatic rings. The molecule has 2 N–H and O–H groups in total. The minimum Gasteiger partial charge on any atom is -0.380 e. The van der Waals surface area contributed by atoms with Gasteiger partial charge in [-0.3, -0.25) is 9.00 Å².